The molecule has 28 heavy (non-hydrogen) atoms. The van der Waals surface area contributed by atoms with Gasteiger partial charge in [0.15, 0.2) is 0 Å². The maximum atomic E-state index is 4.53. The summed E-state index contributed by atoms with van der Waals surface area (Å²) in [5, 5.41) is 13.4. The van der Waals surface area contributed by atoms with Crippen molar-refractivity contribution in [1.82, 2.24) is 29.8 Å². The summed E-state index contributed by atoms with van der Waals surface area (Å²) in [7, 11) is 0. The minimum Gasteiger partial charge on any atom is -0.272 e. The molecule has 0 fully saturated rings. The van der Waals surface area contributed by atoms with Crippen molar-refractivity contribution in [3.8, 4) is 11.3 Å². The van der Waals surface area contributed by atoms with Gasteiger partial charge >= 0.3 is 0 Å². The molecule has 1 aromatic carbocycles. The Morgan fingerprint density at radius 2 is 1.86 bits per heavy atom. The lowest BCUT2D eigenvalue weighted by Crippen LogP contribution is -2.13. The molecule has 4 rings (SSSR count). The van der Waals surface area contributed by atoms with Gasteiger partial charge < -0.3 is 0 Å². The number of benzene rings is 1. The Balaban J connectivity index is 1.80. The van der Waals surface area contributed by atoms with Crippen LogP contribution in [-0.4, -0.2) is 29.8 Å². The average Bonchev–Trinajstić information content (AvgIpc) is 3.32. The molecule has 0 aliphatic rings. The summed E-state index contributed by atoms with van der Waals surface area (Å²) in [5.41, 5.74) is 7.56. The molecule has 0 radical (unpaired) electrons. The van der Waals surface area contributed by atoms with Crippen molar-refractivity contribution in [1.29, 1.82) is 0 Å². The van der Waals surface area contributed by atoms with Crippen molar-refractivity contribution in [3.63, 3.8) is 0 Å². The van der Waals surface area contributed by atoms with Crippen LogP contribution in [-0.2, 0) is 6.54 Å². The van der Waals surface area contributed by atoms with Crippen LogP contribution in [0.3, 0.4) is 0 Å². The molecular formula is C22H24N6. The van der Waals surface area contributed by atoms with Gasteiger partial charge in [-0.05, 0) is 56.0 Å². The molecule has 0 aliphatic carbocycles. The van der Waals surface area contributed by atoms with Gasteiger partial charge in [-0.2, -0.15) is 5.10 Å². The van der Waals surface area contributed by atoms with Gasteiger partial charge in [-0.15, -0.1) is 5.10 Å². The second-order valence-corrected chi connectivity index (χ2v) is 7.10. The molecule has 0 unspecified atom stereocenters. The molecule has 1 atom stereocenters. The molecule has 6 nitrogen and oxygen atoms in total. The standard InChI is InChI=1S/C22H24N6/c1-5-27-13-20(17(4)25-27)21-14-28(26-24-21)22(19-7-6-10-23-12-19)18-9-8-15(2)16(3)11-18/h6-14,22H,5H2,1-4H3/t22-/m0/s1. The van der Waals surface area contributed by atoms with Gasteiger partial charge in [0.25, 0.3) is 0 Å². The molecule has 142 valence electrons. The lowest BCUT2D eigenvalue weighted by Gasteiger charge is -2.18. The second-order valence-electron chi connectivity index (χ2n) is 7.10. The fourth-order valence-corrected chi connectivity index (χ4v) is 3.43. The molecule has 0 amide bonds. The third-order valence-corrected chi connectivity index (χ3v) is 5.17. The third kappa shape index (κ3) is 3.33. The second kappa shape index (κ2) is 7.38. The summed E-state index contributed by atoms with van der Waals surface area (Å²) >= 11 is 0. The van der Waals surface area contributed by atoms with Gasteiger partial charge in [-0.25, -0.2) is 4.68 Å². The first-order chi connectivity index (χ1) is 13.6. The first-order valence-electron chi connectivity index (χ1n) is 9.50. The number of hydrogen-bond donors (Lipinski definition) is 0. The topological polar surface area (TPSA) is 61.4 Å². The summed E-state index contributed by atoms with van der Waals surface area (Å²) < 4.78 is 3.84. The number of nitrogens with zero attached hydrogens (tertiary/aromatic N) is 6. The normalized spacial score (nSPS) is 12.3. The van der Waals surface area contributed by atoms with E-state index in [0.29, 0.717) is 0 Å². The molecule has 3 aromatic heterocycles. The van der Waals surface area contributed by atoms with Gasteiger partial charge in [0.1, 0.15) is 11.7 Å². The molecule has 3 heterocycles. The van der Waals surface area contributed by atoms with E-state index < -0.39 is 0 Å². The van der Waals surface area contributed by atoms with E-state index in [-0.39, 0.29) is 6.04 Å². The Kier molecular flexibility index (Phi) is 4.77. The van der Waals surface area contributed by atoms with Crippen LogP contribution >= 0.6 is 0 Å². The van der Waals surface area contributed by atoms with Crippen molar-refractivity contribution in [2.24, 2.45) is 0 Å². The van der Waals surface area contributed by atoms with E-state index in [1.54, 1.807) is 6.20 Å². The van der Waals surface area contributed by atoms with Crippen molar-refractivity contribution in [2.75, 3.05) is 0 Å². The SMILES string of the molecule is CCn1cc(-c2cn([C@H](c3cccnc3)c3ccc(C)c(C)c3)nn2)c(C)n1. The number of aryl methyl sites for hydroxylation is 4. The smallest absolute Gasteiger partial charge is 0.116 e. The van der Waals surface area contributed by atoms with Crippen LogP contribution in [0.4, 0.5) is 0 Å². The fraction of sp³-hybridized carbons (Fsp3) is 0.273. The summed E-state index contributed by atoms with van der Waals surface area (Å²) in [4.78, 5) is 4.32. The Bertz CT molecular complexity index is 1090. The monoisotopic (exact) mass is 372 g/mol. The van der Waals surface area contributed by atoms with Crippen LogP contribution < -0.4 is 0 Å². The summed E-state index contributed by atoms with van der Waals surface area (Å²) in [6.07, 6.45) is 7.70. The Morgan fingerprint density at radius 3 is 2.54 bits per heavy atom. The highest BCUT2D eigenvalue weighted by molar-refractivity contribution is 5.59. The maximum Gasteiger partial charge on any atom is 0.116 e. The zero-order chi connectivity index (χ0) is 19.7. The molecule has 0 N–H and O–H groups in total. The van der Waals surface area contributed by atoms with Gasteiger partial charge in [-0.1, -0.05) is 29.5 Å². The average molecular weight is 372 g/mol. The van der Waals surface area contributed by atoms with E-state index in [2.05, 4.69) is 65.4 Å². The number of hydrogen-bond acceptors (Lipinski definition) is 4. The van der Waals surface area contributed by atoms with Crippen LogP contribution in [0.25, 0.3) is 11.3 Å². The Labute approximate surface area is 164 Å². The van der Waals surface area contributed by atoms with E-state index in [0.717, 1.165) is 34.6 Å². The first-order valence-corrected chi connectivity index (χ1v) is 9.50. The molecule has 4 aromatic rings. The number of rotatable bonds is 5. The summed E-state index contributed by atoms with van der Waals surface area (Å²) in [6, 6.07) is 10.5. The van der Waals surface area contributed by atoms with Gasteiger partial charge in [0.2, 0.25) is 0 Å². The highest BCUT2D eigenvalue weighted by Gasteiger charge is 2.20. The van der Waals surface area contributed by atoms with E-state index in [1.165, 1.54) is 11.1 Å². The lowest BCUT2D eigenvalue weighted by molar-refractivity contribution is 0.569. The highest BCUT2D eigenvalue weighted by atomic mass is 15.4. The zero-order valence-corrected chi connectivity index (χ0v) is 16.7. The van der Waals surface area contributed by atoms with Crippen molar-refractivity contribution in [2.45, 2.75) is 40.3 Å². The lowest BCUT2D eigenvalue weighted by atomic mass is 9.97. The molecule has 0 saturated carbocycles. The number of pyridine rings is 1. The molecule has 0 spiro atoms. The zero-order valence-electron chi connectivity index (χ0n) is 16.7. The summed E-state index contributed by atoms with van der Waals surface area (Å²) in [6.45, 7) is 9.16. The van der Waals surface area contributed by atoms with Gasteiger partial charge in [-0.3, -0.25) is 9.67 Å². The van der Waals surface area contributed by atoms with Crippen LogP contribution in [0.15, 0.2) is 55.1 Å². The largest absolute Gasteiger partial charge is 0.272 e. The fourth-order valence-electron chi connectivity index (χ4n) is 3.43. The van der Waals surface area contributed by atoms with Crippen LogP contribution in [0.1, 0.15) is 40.9 Å². The van der Waals surface area contributed by atoms with E-state index in [4.69, 9.17) is 0 Å². The highest BCUT2D eigenvalue weighted by Crippen LogP contribution is 2.29. The maximum absolute atomic E-state index is 4.53. The van der Waals surface area contributed by atoms with Crippen LogP contribution in [0.5, 0.6) is 0 Å². The molecular weight excluding hydrogens is 348 g/mol. The first kappa shape index (κ1) is 18.1. The number of aromatic nitrogens is 6. The van der Waals surface area contributed by atoms with Crippen LogP contribution in [0, 0.1) is 20.8 Å². The molecule has 0 bridgehead atoms. The minimum absolute atomic E-state index is 0.0872. The van der Waals surface area contributed by atoms with Crippen LogP contribution in [0.2, 0.25) is 0 Å². The van der Waals surface area contributed by atoms with Crippen molar-refractivity contribution < 1.29 is 0 Å². The predicted octanol–water partition coefficient (Wildman–Crippen LogP) is 4.12. The van der Waals surface area contributed by atoms with Crippen molar-refractivity contribution >= 4 is 0 Å². The van der Waals surface area contributed by atoms with E-state index in [1.807, 2.05) is 40.9 Å². The van der Waals surface area contributed by atoms with E-state index in [9.17, 15) is 0 Å². The predicted molar refractivity (Wildman–Crippen MR) is 109 cm³/mol. The van der Waals surface area contributed by atoms with Gasteiger partial charge in [0, 0.05) is 30.7 Å². The third-order valence-electron chi connectivity index (χ3n) is 5.17. The Morgan fingerprint density at radius 1 is 1.00 bits per heavy atom. The van der Waals surface area contributed by atoms with E-state index >= 15 is 0 Å². The quantitative estimate of drug-likeness (QED) is 0.529. The van der Waals surface area contributed by atoms with Gasteiger partial charge in [0.05, 0.1) is 11.9 Å². The molecule has 0 aliphatic heterocycles. The Hall–Kier alpha value is -3.28. The minimum atomic E-state index is -0.0872. The summed E-state index contributed by atoms with van der Waals surface area (Å²) in [5.74, 6) is 0. The molecule has 6 heteroatoms. The van der Waals surface area contributed by atoms with Crippen molar-refractivity contribution in [3.05, 3.63) is 83.1 Å². The molecule has 0 saturated heterocycles.